The van der Waals surface area contributed by atoms with E-state index >= 15 is 0 Å². The minimum absolute atomic E-state index is 0. The number of aliphatic imine (C=N–C) groups is 1. The van der Waals surface area contributed by atoms with Crippen LogP contribution in [0.3, 0.4) is 0 Å². The first kappa shape index (κ1) is 18.3. The van der Waals surface area contributed by atoms with Crippen molar-refractivity contribution < 1.29 is 4.74 Å². The van der Waals surface area contributed by atoms with Crippen LogP contribution in [0.25, 0.3) is 0 Å². The molecule has 4 nitrogen and oxygen atoms in total. The molecule has 0 aromatic carbocycles. The molecule has 2 atom stereocenters. The molecule has 128 valence electrons. The zero-order valence-corrected chi connectivity index (χ0v) is 16.2. The summed E-state index contributed by atoms with van der Waals surface area (Å²) in [6, 6.07) is 1.20. The number of nitrogens with zero attached hydrogens (tertiary/aromatic N) is 1. The Balaban J connectivity index is 0.00000176. The van der Waals surface area contributed by atoms with Gasteiger partial charge in [0.2, 0.25) is 0 Å². The first-order chi connectivity index (χ1) is 10.4. The highest BCUT2D eigenvalue weighted by Gasteiger charge is 2.43. The van der Waals surface area contributed by atoms with Gasteiger partial charge in [-0.25, -0.2) is 0 Å². The predicted molar refractivity (Wildman–Crippen MR) is 102 cm³/mol. The van der Waals surface area contributed by atoms with E-state index in [-0.39, 0.29) is 24.0 Å². The zero-order valence-electron chi connectivity index (χ0n) is 13.9. The molecule has 0 bridgehead atoms. The molecule has 3 fully saturated rings. The van der Waals surface area contributed by atoms with Gasteiger partial charge in [0, 0.05) is 31.8 Å². The van der Waals surface area contributed by atoms with Crippen molar-refractivity contribution in [3.8, 4) is 0 Å². The van der Waals surface area contributed by atoms with Gasteiger partial charge in [-0.05, 0) is 38.0 Å². The highest BCUT2D eigenvalue weighted by molar-refractivity contribution is 14.0. The van der Waals surface area contributed by atoms with Gasteiger partial charge in [-0.3, -0.25) is 4.99 Å². The van der Waals surface area contributed by atoms with Crippen molar-refractivity contribution in [3.63, 3.8) is 0 Å². The lowest BCUT2D eigenvalue weighted by Crippen LogP contribution is -2.47. The second-order valence-electron chi connectivity index (χ2n) is 6.90. The number of nitrogens with one attached hydrogen (secondary N) is 2. The smallest absolute Gasteiger partial charge is 0.191 e. The molecule has 1 heterocycles. The van der Waals surface area contributed by atoms with Gasteiger partial charge < -0.3 is 15.4 Å². The Morgan fingerprint density at radius 3 is 2.45 bits per heavy atom. The van der Waals surface area contributed by atoms with E-state index in [1.807, 2.05) is 0 Å². The minimum atomic E-state index is 0. The van der Waals surface area contributed by atoms with Crippen LogP contribution < -0.4 is 10.6 Å². The fourth-order valence-corrected chi connectivity index (χ4v) is 3.97. The lowest BCUT2D eigenvalue weighted by Gasteiger charge is -2.26. The molecule has 0 radical (unpaired) electrons. The van der Waals surface area contributed by atoms with Gasteiger partial charge in [-0.15, -0.1) is 24.0 Å². The Kier molecular flexibility index (Phi) is 7.74. The van der Waals surface area contributed by atoms with Gasteiger partial charge in [-0.1, -0.05) is 32.1 Å². The lowest BCUT2D eigenvalue weighted by atomic mass is 9.85. The van der Waals surface area contributed by atoms with E-state index in [2.05, 4.69) is 22.5 Å². The van der Waals surface area contributed by atoms with Gasteiger partial charge >= 0.3 is 0 Å². The van der Waals surface area contributed by atoms with Gasteiger partial charge in [0.25, 0.3) is 0 Å². The van der Waals surface area contributed by atoms with Crippen LogP contribution >= 0.6 is 24.0 Å². The third-order valence-electron chi connectivity index (χ3n) is 5.30. The summed E-state index contributed by atoms with van der Waals surface area (Å²) in [5.74, 6) is 2.92. The fraction of sp³-hybridized carbons (Fsp3) is 0.941. The Morgan fingerprint density at radius 1 is 1.05 bits per heavy atom. The largest absolute Gasteiger partial charge is 0.381 e. The normalized spacial score (nSPS) is 30.5. The van der Waals surface area contributed by atoms with Crippen molar-refractivity contribution in [1.82, 2.24) is 10.6 Å². The molecule has 22 heavy (non-hydrogen) atoms. The average molecular weight is 421 g/mol. The Bertz CT molecular complexity index is 352. The van der Waals surface area contributed by atoms with Crippen molar-refractivity contribution in [2.75, 3.05) is 19.8 Å². The molecule has 3 rings (SSSR count). The van der Waals surface area contributed by atoms with Crippen molar-refractivity contribution in [1.29, 1.82) is 0 Å². The van der Waals surface area contributed by atoms with Crippen LogP contribution in [0.1, 0.15) is 58.3 Å². The van der Waals surface area contributed by atoms with E-state index < -0.39 is 0 Å². The summed E-state index contributed by atoms with van der Waals surface area (Å²) >= 11 is 0. The first-order valence-corrected chi connectivity index (χ1v) is 9.02. The monoisotopic (exact) mass is 421 g/mol. The molecule has 1 aliphatic heterocycles. The van der Waals surface area contributed by atoms with E-state index in [4.69, 9.17) is 4.74 Å². The summed E-state index contributed by atoms with van der Waals surface area (Å²) in [4.78, 5) is 4.63. The molecule has 2 saturated carbocycles. The molecule has 0 spiro atoms. The Morgan fingerprint density at radius 2 is 1.77 bits per heavy atom. The van der Waals surface area contributed by atoms with Crippen LogP contribution in [0, 0.1) is 11.8 Å². The molecule has 0 aromatic rings. The van der Waals surface area contributed by atoms with Crippen LogP contribution in [0.4, 0.5) is 0 Å². The zero-order chi connectivity index (χ0) is 14.5. The summed E-state index contributed by atoms with van der Waals surface area (Å²) in [7, 11) is 0. The summed E-state index contributed by atoms with van der Waals surface area (Å²) in [6.45, 7) is 4.72. The van der Waals surface area contributed by atoms with Crippen LogP contribution in [-0.4, -0.2) is 37.8 Å². The van der Waals surface area contributed by atoms with E-state index in [9.17, 15) is 0 Å². The predicted octanol–water partition coefficient (Wildman–Crippen LogP) is 3.31. The van der Waals surface area contributed by atoms with E-state index in [1.54, 1.807) is 0 Å². The molecule has 2 N–H and O–H groups in total. The number of hydrogen-bond donors (Lipinski definition) is 2. The quantitative estimate of drug-likeness (QED) is 0.416. The van der Waals surface area contributed by atoms with Crippen LogP contribution in [0.2, 0.25) is 0 Å². The maximum Gasteiger partial charge on any atom is 0.191 e. The average Bonchev–Trinajstić information content (AvgIpc) is 3.29. The molecule has 2 unspecified atom stereocenters. The van der Waals surface area contributed by atoms with Gasteiger partial charge in [-0.2, -0.15) is 0 Å². The number of ether oxygens (including phenoxy) is 1. The van der Waals surface area contributed by atoms with Crippen molar-refractivity contribution in [2.24, 2.45) is 16.8 Å². The van der Waals surface area contributed by atoms with Gasteiger partial charge in [0.1, 0.15) is 0 Å². The standard InChI is InChI=1S/C17H31N3O.HI/c1-2-18-17(19-14-8-10-21-11-9-14)20-16-12-15(16)13-6-4-3-5-7-13;/h13-16H,2-12H2,1H3,(H2,18,19,20);1H. The van der Waals surface area contributed by atoms with Crippen molar-refractivity contribution in [2.45, 2.75) is 70.4 Å². The lowest BCUT2D eigenvalue weighted by molar-refractivity contribution is 0.0822. The van der Waals surface area contributed by atoms with Gasteiger partial charge in [0.05, 0.1) is 0 Å². The van der Waals surface area contributed by atoms with Crippen molar-refractivity contribution >= 4 is 29.9 Å². The second-order valence-corrected chi connectivity index (χ2v) is 6.90. The number of hydrogen-bond acceptors (Lipinski definition) is 2. The molecular formula is C17H32IN3O. The van der Waals surface area contributed by atoms with E-state index in [1.165, 1.54) is 38.5 Å². The summed E-state index contributed by atoms with van der Waals surface area (Å²) in [5.41, 5.74) is 0. The third kappa shape index (κ3) is 5.25. The molecular weight excluding hydrogens is 389 g/mol. The number of halogens is 1. The molecule has 3 aliphatic rings. The maximum absolute atomic E-state index is 5.43. The second kappa shape index (κ2) is 9.30. The van der Waals surface area contributed by atoms with E-state index in [0.29, 0.717) is 12.1 Å². The molecule has 0 aromatic heterocycles. The maximum atomic E-state index is 5.43. The molecule has 1 saturated heterocycles. The van der Waals surface area contributed by atoms with Crippen LogP contribution in [0.15, 0.2) is 4.99 Å². The van der Waals surface area contributed by atoms with Gasteiger partial charge in [0.15, 0.2) is 5.96 Å². The Labute approximate surface area is 152 Å². The summed E-state index contributed by atoms with van der Waals surface area (Å²) in [6.07, 6.45) is 10.8. The highest BCUT2D eigenvalue weighted by atomic mass is 127. The number of guanidine groups is 1. The molecule has 5 heteroatoms. The first-order valence-electron chi connectivity index (χ1n) is 9.02. The SMILES string of the molecule is CCN=C(NC1CCOCC1)NC1CC1C1CCCCC1.I. The number of rotatable bonds is 4. The molecule has 2 aliphatic carbocycles. The summed E-state index contributed by atoms with van der Waals surface area (Å²) < 4.78 is 5.43. The highest BCUT2D eigenvalue weighted by Crippen LogP contribution is 2.44. The van der Waals surface area contributed by atoms with Crippen molar-refractivity contribution in [3.05, 3.63) is 0 Å². The third-order valence-corrected chi connectivity index (χ3v) is 5.30. The minimum Gasteiger partial charge on any atom is -0.381 e. The van der Waals surface area contributed by atoms with Crippen LogP contribution in [0.5, 0.6) is 0 Å². The topological polar surface area (TPSA) is 45.7 Å². The summed E-state index contributed by atoms with van der Waals surface area (Å²) in [5, 5.41) is 7.30. The fourth-order valence-electron chi connectivity index (χ4n) is 3.97. The van der Waals surface area contributed by atoms with Crippen LogP contribution in [-0.2, 0) is 4.74 Å². The Hall–Kier alpha value is -0.0400. The van der Waals surface area contributed by atoms with E-state index in [0.717, 1.165) is 50.4 Å². The molecule has 0 amide bonds.